The van der Waals surface area contributed by atoms with Gasteiger partial charge in [-0.1, -0.05) is 18.2 Å². The first-order valence-electron chi connectivity index (χ1n) is 5.71. The van der Waals surface area contributed by atoms with Crippen LogP contribution in [0.25, 0.3) is 5.57 Å². The summed E-state index contributed by atoms with van der Waals surface area (Å²) in [4.78, 5) is 0.415. The van der Waals surface area contributed by atoms with E-state index in [1.54, 1.807) is 12.1 Å². The Morgan fingerprint density at radius 2 is 2.00 bits per heavy atom. The van der Waals surface area contributed by atoms with Crippen molar-refractivity contribution < 1.29 is 13.2 Å². The molecule has 0 bridgehead atoms. The van der Waals surface area contributed by atoms with Crippen LogP contribution in [0.4, 0.5) is 0 Å². The lowest BCUT2D eigenvalue weighted by Crippen LogP contribution is -2.08. The molecular weight excluding hydrogens is 236 g/mol. The normalized spacial score (nSPS) is 18.6. The smallest absolute Gasteiger partial charge is 0.200 e. The van der Waals surface area contributed by atoms with Crippen LogP contribution < -0.4 is 0 Å². The van der Waals surface area contributed by atoms with Crippen LogP contribution in [0.3, 0.4) is 0 Å². The quantitative estimate of drug-likeness (QED) is 0.827. The highest BCUT2D eigenvalue weighted by atomic mass is 32.2. The summed E-state index contributed by atoms with van der Waals surface area (Å²) in [6.45, 7) is 4.53. The summed E-state index contributed by atoms with van der Waals surface area (Å²) in [7, 11) is -3.23. The van der Waals surface area contributed by atoms with Gasteiger partial charge >= 0.3 is 0 Å². The van der Waals surface area contributed by atoms with E-state index >= 15 is 0 Å². The van der Waals surface area contributed by atoms with Gasteiger partial charge in [-0.05, 0) is 37.5 Å². The lowest BCUT2D eigenvalue weighted by atomic mass is 10.0. The summed E-state index contributed by atoms with van der Waals surface area (Å²) in [5.74, 6) is 0. The Bertz CT molecular complexity index is 544. The van der Waals surface area contributed by atoms with Gasteiger partial charge in [0.1, 0.15) is 0 Å². The number of ether oxygens (including phenoxy) is 1. The van der Waals surface area contributed by atoms with E-state index in [2.05, 4.69) is 0 Å². The molecule has 0 fully saturated rings. The van der Waals surface area contributed by atoms with Crippen LogP contribution >= 0.6 is 0 Å². The Morgan fingerprint density at radius 1 is 1.29 bits per heavy atom. The molecule has 0 saturated carbocycles. The van der Waals surface area contributed by atoms with Gasteiger partial charge in [0.25, 0.3) is 0 Å². The first-order valence-corrected chi connectivity index (χ1v) is 7.26. The number of rotatable bonds is 4. The molecule has 1 aromatic carbocycles. The van der Waals surface area contributed by atoms with Gasteiger partial charge in [0.05, 0.1) is 11.0 Å². The lowest BCUT2D eigenvalue weighted by molar-refractivity contribution is 0.0803. The Balaban J connectivity index is 2.32. The molecule has 1 unspecified atom stereocenters. The van der Waals surface area contributed by atoms with E-state index < -0.39 is 9.84 Å². The van der Waals surface area contributed by atoms with Gasteiger partial charge in [0.15, 0.2) is 0 Å². The fourth-order valence-electron chi connectivity index (χ4n) is 2.11. The molecule has 17 heavy (non-hydrogen) atoms. The van der Waals surface area contributed by atoms with Gasteiger partial charge in [-0.3, -0.25) is 0 Å². The second kappa shape index (κ2) is 4.63. The van der Waals surface area contributed by atoms with Gasteiger partial charge in [0.2, 0.25) is 9.84 Å². The maximum absolute atomic E-state index is 11.9. The molecule has 1 aromatic rings. The van der Waals surface area contributed by atoms with Gasteiger partial charge in [-0.25, -0.2) is 8.42 Å². The number of sulfone groups is 1. The second-order valence-electron chi connectivity index (χ2n) is 4.15. The zero-order valence-corrected chi connectivity index (χ0v) is 10.8. The molecule has 0 N–H and O–H groups in total. The van der Waals surface area contributed by atoms with Crippen molar-refractivity contribution in [2.75, 3.05) is 6.61 Å². The molecule has 1 aliphatic rings. The Kier molecular flexibility index (Phi) is 3.35. The van der Waals surface area contributed by atoms with Crippen LogP contribution in [-0.2, 0) is 14.6 Å². The average Bonchev–Trinajstić information content (AvgIpc) is 2.52. The van der Waals surface area contributed by atoms with E-state index in [1.807, 2.05) is 26.0 Å². The van der Waals surface area contributed by atoms with Crippen LogP contribution in [-0.4, -0.2) is 21.1 Å². The maximum atomic E-state index is 11.9. The summed E-state index contributed by atoms with van der Waals surface area (Å²) in [6, 6.07) is 7.11. The molecule has 4 heteroatoms. The average molecular weight is 252 g/mol. The lowest BCUT2D eigenvalue weighted by Gasteiger charge is -2.12. The highest BCUT2D eigenvalue weighted by Crippen LogP contribution is 2.35. The van der Waals surface area contributed by atoms with E-state index in [9.17, 15) is 8.42 Å². The van der Waals surface area contributed by atoms with Gasteiger partial charge < -0.3 is 4.74 Å². The fourth-order valence-corrected chi connectivity index (χ4v) is 3.60. The molecule has 0 radical (unpaired) electrons. The standard InChI is InChI=1S/C13H16O3S/c1-3-16-10(2)8-11-9-17(14,15)13-7-5-4-6-12(11)13/h4-7,9-10H,3,8H2,1-2H3. The third-order valence-electron chi connectivity index (χ3n) is 2.80. The van der Waals surface area contributed by atoms with Crippen molar-refractivity contribution in [1.82, 2.24) is 0 Å². The highest BCUT2D eigenvalue weighted by Gasteiger charge is 2.26. The van der Waals surface area contributed by atoms with Gasteiger partial charge in [-0.2, -0.15) is 0 Å². The zero-order valence-electron chi connectivity index (χ0n) is 10.0. The molecule has 92 valence electrons. The number of fused-ring (bicyclic) bond motifs is 1. The minimum Gasteiger partial charge on any atom is -0.378 e. The maximum Gasteiger partial charge on any atom is 0.200 e. The molecule has 0 aromatic heterocycles. The number of benzene rings is 1. The van der Waals surface area contributed by atoms with Crippen molar-refractivity contribution in [2.24, 2.45) is 0 Å². The molecular formula is C13H16O3S. The molecule has 0 saturated heterocycles. The molecule has 0 amide bonds. The first kappa shape index (κ1) is 12.3. The molecule has 1 aliphatic heterocycles. The Labute approximate surface area is 102 Å². The summed E-state index contributed by atoms with van der Waals surface area (Å²) in [5.41, 5.74) is 1.67. The van der Waals surface area contributed by atoms with E-state index in [1.165, 1.54) is 5.41 Å². The van der Waals surface area contributed by atoms with E-state index in [-0.39, 0.29) is 6.10 Å². The van der Waals surface area contributed by atoms with Crippen molar-refractivity contribution in [2.45, 2.75) is 31.3 Å². The molecule has 2 rings (SSSR count). The fraction of sp³-hybridized carbons (Fsp3) is 0.385. The van der Waals surface area contributed by atoms with E-state index in [0.29, 0.717) is 17.9 Å². The van der Waals surface area contributed by atoms with E-state index in [0.717, 1.165) is 11.1 Å². The Morgan fingerprint density at radius 3 is 2.71 bits per heavy atom. The molecule has 0 aliphatic carbocycles. The predicted molar refractivity (Wildman–Crippen MR) is 67.3 cm³/mol. The van der Waals surface area contributed by atoms with Crippen molar-refractivity contribution >= 4 is 15.4 Å². The Hall–Kier alpha value is -1.13. The molecule has 1 heterocycles. The van der Waals surface area contributed by atoms with Crippen LogP contribution in [0.15, 0.2) is 34.6 Å². The molecule has 0 spiro atoms. The summed E-state index contributed by atoms with van der Waals surface area (Å²) in [5, 5.41) is 1.37. The summed E-state index contributed by atoms with van der Waals surface area (Å²) in [6.07, 6.45) is 0.664. The number of hydrogen-bond acceptors (Lipinski definition) is 3. The largest absolute Gasteiger partial charge is 0.378 e. The topological polar surface area (TPSA) is 43.4 Å². The molecule has 1 atom stereocenters. The van der Waals surface area contributed by atoms with Crippen molar-refractivity contribution in [3.05, 3.63) is 35.2 Å². The first-order chi connectivity index (χ1) is 8.04. The summed E-state index contributed by atoms with van der Waals surface area (Å²) < 4.78 is 29.2. The minimum atomic E-state index is -3.23. The second-order valence-corrected chi connectivity index (χ2v) is 5.92. The summed E-state index contributed by atoms with van der Waals surface area (Å²) >= 11 is 0. The van der Waals surface area contributed by atoms with Gasteiger partial charge in [0, 0.05) is 12.0 Å². The van der Waals surface area contributed by atoms with Crippen molar-refractivity contribution in [3.8, 4) is 0 Å². The van der Waals surface area contributed by atoms with Crippen molar-refractivity contribution in [3.63, 3.8) is 0 Å². The predicted octanol–water partition coefficient (Wildman–Crippen LogP) is 2.63. The van der Waals surface area contributed by atoms with Crippen LogP contribution in [0.1, 0.15) is 25.8 Å². The number of hydrogen-bond donors (Lipinski definition) is 0. The highest BCUT2D eigenvalue weighted by molar-refractivity contribution is 7.95. The third kappa shape index (κ3) is 2.42. The monoisotopic (exact) mass is 252 g/mol. The van der Waals surface area contributed by atoms with Crippen LogP contribution in [0.2, 0.25) is 0 Å². The minimum absolute atomic E-state index is 0.0348. The van der Waals surface area contributed by atoms with Crippen LogP contribution in [0, 0.1) is 0 Å². The third-order valence-corrected chi connectivity index (χ3v) is 4.36. The SMILES string of the molecule is CCOC(C)CC1=CS(=O)(=O)c2ccccc21. The van der Waals surface area contributed by atoms with Crippen molar-refractivity contribution in [1.29, 1.82) is 0 Å². The molecule has 3 nitrogen and oxygen atoms in total. The zero-order chi connectivity index (χ0) is 12.5. The van der Waals surface area contributed by atoms with E-state index in [4.69, 9.17) is 4.74 Å². The van der Waals surface area contributed by atoms with Crippen LogP contribution in [0.5, 0.6) is 0 Å². The van der Waals surface area contributed by atoms with Gasteiger partial charge in [-0.15, -0.1) is 0 Å².